The molecule has 17 heavy (non-hydrogen) atoms. The summed E-state index contributed by atoms with van der Waals surface area (Å²) >= 11 is 5.77. The zero-order valence-corrected chi connectivity index (χ0v) is 9.82. The van der Waals surface area contributed by atoms with E-state index < -0.39 is 5.91 Å². The van der Waals surface area contributed by atoms with Crippen molar-refractivity contribution in [2.24, 2.45) is 0 Å². The lowest BCUT2D eigenvalue weighted by molar-refractivity contribution is 0.101. The summed E-state index contributed by atoms with van der Waals surface area (Å²) in [5.41, 5.74) is 0. The number of hydrogen-bond acceptors (Lipinski definition) is 4. The van der Waals surface area contributed by atoms with Crippen LogP contribution in [0.4, 0.5) is 5.82 Å². The quantitative estimate of drug-likeness (QED) is 0.869. The SMILES string of the molecule is CCc1nc(C(=O)Nc2cc(Cl)ccn2)n[nH]1. The fourth-order valence-corrected chi connectivity index (χ4v) is 1.36. The first kappa shape index (κ1) is 11.5. The first-order chi connectivity index (χ1) is 8.19. The lowest BCUT2D eigenvalue weighted by Gasteiger charge is -2.00. The van der Waals surface area contributed by atoms with Gasteiger partial charge in [-0.3, -0.25) is 9.89 Å². The van der Waals surface area contributed by atoms with Crippen LogP contribution in [-0.2, 0) is 6.42 Å². The summed E-state index contributed by atoms with van der Waals surface area (Å²) in [7, 11) is 0. The van der Waals surface area contributed by atoms with Gasteiger partial charge in [-0.1, -0.05) is 18.5 Å². The molecular formula is C10H10ClN5O. The van der Waals surface area contributed by atoms with Gasteiger partial charge in [0.15, 0.2) is 0 Å². The van der Waals surface area contributed by atoms with Crippen molar-refractivity contribution in [3.8, 4) is 0 Å². The molecule has 2 rings (SSSR count). The van der Waals surface area contributed by atoms with Gasteiger partial charge in [-0.25, -0.2) is 9.97 Å². The van der Waals surface area contributed by atoms with Crippen LogP contribution in [0.3, 0.4) is 0 Å². The number of rotatable bonds is 3. The molecule has 2 heterocycles. The number of carbonyl (C=O) groups is 1. The van der Waals surface area contributed by atoms with E-state index in [2.05, 4.69) is 25.5 Å². The molecule has 0 saturated carbocycles. The summed E-state index contributed by atoms with van der Waals surface area (Å²) < 4.78 is 0. The number of amides is 1. The Balaban J connectivity index is 2.11. The molecule has 0 bridgehead atoms. The molecule has 6 nitrogen and oxygen atoms in total. The molecule has 0 aliphatic heterocycles. The lowest BCUT2D eigenvalue weighted by Crippen LogP contribution is -2.14. The van der Waals surface area contributed by atoms with Gasteiger partial charge >= 0.3 is 0 Å². The smallest absolute Gasteiger partial charge is 0.296 e. The van der Waals surface area contributed by atoms with E-state index in [1.165, 1.54) is 6.20 Å². The second kappa shape index (κ2) is 4.92. The van der Waals surface area contributed by atoms with E-state index in [4.69, 9.17) is 11.6 Å². The van der Waals surface area contributed by atoms with Crippen LogP contribution in [0, 0.1) is 0 Å². The lowest BCUT2D eigenvalue weighted by atomic mass is 10.4. The Hall–Kier alpha value is -1.95. The number of nitrogens with zero attached hydrogens (tertiary/aromatic N) is 3. The second-order valence-corrected chi connectivity index (χ2v) is 3.71. The van der Waals surface area contributed by atoms with Gasteiger partial charge in [-0.2, -0.15) is 0 Å². The molecule has 2 aromatic rings. The van der Waals surface area contributed by atoms with Crippen LogP contribution < -0.4 is 5.32 Å². The largest absolute Gasteiger partial charge is 0.304 e. The third-order valence-corrected chi connectivity index (χ3v) is 2.27. The van der Waals surface area contributed by atoms with Gasteiger partial charge in [-0.15, -0.1) is 5.10 Å². The van der Waals surface area contributed by atoms with Crippen molar-refractivity contribution in [2.45, 2.75) is 13.3 Å². The van der Waals surface area contributed by atoms with E-state index >= 15 is 0 Å². The van der Waals surface area contributed by atoms with Crippen molar-refractivity contribution in [1.82, 2.24) is 20.2 Å². The van der Waals surface area contributed by atoms with Crippen LogP contribution in [0.5, 0.6) is 0 Å². The molecule has 0 spiro atoms. The van der Waals surface area contributed by atoms with Gasteiger partial charge in [0.1, 0.15) is 11.6 Å². The first-order valence-corrected chi connectivity index (χ1v) is 5.41. The number of H-pyrrole nitrogens is 1. The van der Waals surface area contributed by atoms with Gasteiger partial charge in [0.2, 0.25) is 5.82 Å². The van der Waals surface area contributed by atoms with Crippen LogP contribution in [-0.4, -0.2) is 26.1 Å². The van der Waals surface area contributed by atoms with Crippen molar-refractivity contribution in [1.29, 1.82) is 0 Å². The number of nitrogens with one attached hydrogen (secondary N) is 2. The standard InChI is InChI=1S/C10H10ClN5O/c1-2-7-13-9(16-15-7)10(17)14-8-5-6(11)3-4-12-8/h3-5H,2H2,1H3,(H,12,14,17)(H,13,15,16). The van der Waals surface area contributed by atoms with Crippen LogP contribution in [0.1, 0.15) is 23.4 Å². The molecule has 0 aromatic carbocycles. The minimum Gasteiger partial charge on any atom is -0.304 e. The third kappa shape index (κ3) is 2.79. The van der Waals surface area contributed by atoms with Gasteiger partial charge in [0.25, 0.3) is 5.91 Å². The van der Waals surface area contributed by atoms with Crippen molar-refractivity contribution in [3.63, 3.8) is 0 Å². The zero-order valence-electron chi connectivity index (χ0n) is 9.07. The average molecular weight is 252 g/mol. The highest BCUT2D eigenvalue weighted by Gasteiger charge is 2.12. The molecule has 0 fully saturated rings. The van der Waals surface area contributed by atoms with Crippen LogP contribution in [0.2, 0.25) is 5.02 Å². The fraction of sp³-hybridized carbons (Fsp3) is 0.200. The van der Waals surface area contributed by atoms with Crippen molar-refractivity contribution in [3.05, 3.63) is 35.0 Å². The van der Waals surface area contributed by atoms with E-state index in [1.807, 2.05) is 6.92 Å². The molecule has 2 aromatic heterocycles. The van der Waals surface area contributed by atoms with Crippen LogP contribution in [0.15, 0.2) is 18.3 Å². The second-order valence-electron chi connectivity index (χ2n) is 3.27. The number of aromatic nitrogens is 4. The molecule has 0 aliphatic carbocycles. The number of aryl methyl sites for hydroxylation is 1. The van der Waals surface area contributed by atoms with E-state index in [0.717, 1.165) is 0 Å². The predicted octanol–water partition coefficient (Wildman–Crippen LogP) is 1.67. The highest BCUT2D eigenvalue weighted by Crippen LogP contribution is 2.12. The molecule has 0 saturated heterocycles. The molecule has 0 unspecified atom stereocenters. The van der Waals surface area contributed by atoms with Gasteiger partial charge in [-0.05, 0) is 12.1 Å². The number of anilines is 1. The van der Waals surface area contributed by atoms with Crippen molar-refractivity contribution in [2.75, 3.05) is 5.32 Å². The maximum Gasteiger partial charge on any atom is 0.296 e. The Kier molecular flexibility index (Phi) is 3.34. The Morgan fingerprint density at radius 1 is 1.59 bits per heavy atom. The third-order valence-electron chi connectivity index (χ3n) is 2.03. The Bertz CT molecular complexity index is 539. The first-order valence-electron chi connectivity index (χ1n) is 5.03. The molecule has 88 valence electrons. The van der Waals surface area contributed by atoms with Gasteiger partial charge in [0.05, 0.1) is 0 Å². The van der Waals surface area contributed by atoms with Gasteiger partial charge in [0, 0.05) is 17.6 Å². The Labute approximate surface area is 102 Å². The maximum absolute atomic E-state index is 11.7. The number of aromatic amines is 1. The highest BCUT2D eigenvalue weighted by molar-refractivity contribution is 6.30. The molecule has 1 amide bonds. The molecule has 7 heteroatoms. The number of carbonyl (C=O) groups excluding carboxylic acids is 1. The monoisotopic (exact) mass is 251 g/mol. The fourth-order valence-electron chi connectivity index (χ4n) is 1.20. The van der Waals surface area contributed by atoms with E-state index in [1.54, 1.807) is 12.1 Å². The van der Waals surface area contributed by atoms with Crippen LogP contribution >= 0.6 is 11.6 Å². The average Bonchev–Trinajstić information content (AvgIpc) is 2.77. The zero-order chi connectivity index (χ0) is 12.3. The molecule has 0 aliphatic rings. The highest BCUT2D eigenvalue weighted by atomic mass is 35.5. The van der Waals surface area contributed by atoms with Crippen molar-refractivity contribution < 1.29 is 4.79 Å². The molecule has 0 atom stereocenters. The summed E-state index contributed by atoms with van der Waals surface area (Å²) in [6, 6.07) is 3.17. The van der Waals surface area contributed by atoms with E-state index in [-0.39, 0.29) is 5.82 Å². The van der Waals surface area contributed by atoms with Crippen molar-refractivity contribution >= 4 is 23.3 Å². The summed E-state index contributed by atoms with van der Waals surface area (Å²) in [6.45, 7) is 1.92. The normalized spacial score (nSPS) is 10.2. The Morgan fingerprint density at radius 2 is 2.41 bits per heavy atom. The topological polar surface area (TPSA) is 83.6 Å². The van der Waals surface area contributed by atoms with E-state index in [9.17, 15) is 4.79 Å². The summed E-state index contributed by atoms with van der Waals surface area (Å²) in [5, 5.41) is 9.52. The molecule has 0 radical (unpaired) electrons. The number of hydrogen-bond donors (Lipinski definition) is 2. The summed E-state index contributed by atoms with van der Waals surface area (Å²) in [6.07, 6.45) is 2.20. The summed E-state index contributed by atoms with van der Waals surface area (Å²) in [4.78, 5) is 19.7. The maximum atomic E-state index is 11.7. The van der Waals surface area contributed by atoms with E-state index in [0.29, 0.717) is 23.1 Å². The number of halogens is 1. The van der Waals surface area contributed by atoms with Crippen LogP contribution in [0.25, 0.3) is 0 Å². The summed E-state index contributed by atoms with van der Waals surface area (Å²) in [5.74, 6) is 0.693. The van der Waals surface area contributed by atoms with Gasteiger partial charge < -0.3 is 5.32 Å². The predicted molar refractivity (Wildman–Crippen MR) is 63.0 cm³/mol. The minimum absolute atomic E-state index is 0.0867. The number of pyridine rings is 1. The minimum atomic E-state index is -0.421. The Morgan fingerprint density at radius 3 is 3.06 bits per heavy atom. The molecule has 2 N–H and O–H groups in total. The molecular weight excluding hydrogens is 242 g/mol.